The number of hydrogen-bond acceptors (Lipinski definition) is 5. The predicted octanol–water partition coefficient (Wildman–Crippen LogP) is 1.74. The van der Waals surface area contributed by atoms with Gasteiger partial charge >= 0.3 is 0 Å². The number of rotatable bonds is 6. The molecule has 22 heavy (non-hydrogen) atoms. The molecule has 3 N–H and O–H groups in total. The molecule has 0 aliphatic heterocycles. The molecular formula is C13H13ClN2O4S2. The van der Waals surface area contributed by atoms with Gasteiger partial charge in [-0.05, 0) is 24.3 Å². The van der Waals surface area contributed by atoms with Crippen LogP contribution in [-0.4, -0.2) is 20.9 Å². The molecule has 1 aromatic carbocycles. The molecule has 1 heterocycles. The molecule has 0 aliphatic rings. The fraction of sp³-hybridized carbons (Fsp3) is 0.154. The number of hydrogen-bond donors (Lipinski definition) is 2. The van der Waals surface area contributed by atoms with Crippen molar-refractivity contribution in [3.63, 3.8) is 0 Å². The highest BCUT2D eigenvalue weighted by Gasteiger charge is 2.12. The summed E-state index contributed by atoms with van der Waals surface area (Å²) in [5.41, 5.74) is 0. The zero-order valence-corrected chi connectivity index (χ0v) is 13.7. The normalized spacial score (nSPS) is 11.2. The summed E-state index contributed by atoms with van der Waals surface area (Å²) in [6.45, 7) is 0.0159. The molecule has 0 saturated heterocycles. The minimum absolute atomic E-state index is 0.0593. The van der Waals surface area contributed by atoms with Crippen molar-refractivity contribution in [2.24, 2.45) is 5.14 Å². The lowest BCUT2D eigenvalue weighted by molar-refractivity contribution is -0.123. The maximum absolute atomic E-state index is 11.7. The second kappa shape index (κ2) is 7.10. The average Bonchev–Trinajstić information content (AvgIpc) is 2.93. The Bertz CT molecular complexity index is 774. The van der Waals surface area contributed by atoms with Gasteiger partial charge in [-0.3, -0.25) is 4.79 Å². The lowest BCUT2D eigenvalue weighted by atomic mass is 10.3. The summed E-state index contributed by atoms with van der Waals surface area (Å²) >= 11 is 6.91. The summed E-state index contributed by atoms with van der Waals surface area (Å²) in [5.74, 6) is 0.0810. The van der Waals surface area contributed by atoms with Gasteiger partial charge in [0.1, 0.15) is 9.96 Å². The molecule has 0 aliphatic carbocycles. The van der Waals surface area contributed by atoms with Gasteiger partial charge in [0.25, 0.3) is 5.91 Å². The molecule has 0 fully saturated rings. The number of carbonyl (C=O) groups excluding carboxylic acids is 1. The Balaban J connectivity index is 1.83. The van der Waals surface area contributed by atoms with Crippen LogP contribution in [0, 0.1) is 0 Å². The summed E-state index contributed by atoms with van der Waals surface area (Å²) in [5, 5.41) is 8.06. The first-order valence-electron chi connectivity index (χ1n) is 6.12. The predicted molar refractivity (Wildman–Crippen MR) is 84.5 cm³/mol. The Morgan fingerprint density at radius 1 is 1.27 bits per heavy atom. The van der Waals surface area contributed by atoms with Gasteiger partial charge in [-0.1, -0.05) is 23.7 Å². The Morgan fingerprint density at radius 2 is 2.00 bits per heavy atom. The van der Waals surface area contributed by atoms with Gasteiger partial charge in [0.2, 0.25) is 10.0 Å². The largest absolute Gasteiger partial charge is 0.482 e. The Labute approximate surface area is 136 Å². The highest BCUT2D eigenvalue weighted by Crippen LogP contribution is 2.23. The third-order valence-corrected chi connectivity index (χ3v) is 5.41. The average molecular weight is 361 g/mol. The molecule has 9 heteroatoms. The zero-order chi connectivity index (χ0) is 16.2. The van der Waals surface area contributed by atoms with Gasteiger partial charge in [-0.25, -0.2) is 13.6 Å². The van der Waals surface area contributed by atoms with Crippen molar-refractivity contribution in [1.29, 1.82) is 0 Å². The number of para-hydroxylation sites is 1. The molecule has 0 atom stereocenters. The summed E-state index contributed by atoms with van der Waals surface area (Å²) < 4.78 is 27.6. The number of nitrogens with two attached hydrogens (primary N) is 1. The van der Waals surface area contributed by atoms with Crippen LogP contribution in [0.1, 0.15) is 4.88 Å². The van der Waals surface area contributed by atoms with E-state index in [1.54, 1.807) is 30.3 Å². The van der Waals surface area contributed by atoms with Gasteiger partial charge in [0.05, 0.1) is 11.6 Å². The first-order valence-corrected chi connectivity index (χ1v) is 8.86. The van der Waals surface area contributed by atoms with Crippen LogP contribution in [0.25, 0.3) is 0 Å². The van der Waals surface area contributed by atoms with E-state index in [-0.39, 0.29) is 23.3 Å². The van der Waals surface area contributed by atoms with E-state index < -0.39 is 10.0 Å². The van der Waals surface area contributed by atoms with Gasteiger partial charge < -0.3 is 10.1 Å². The quantitative estimate of drug-likeness (QED) is 0.819. The maximum Gasteiger partial charge on any atom is 0.258 e. The highest BCUT2D eigenvalue weighted by atomic mass is 35.5. The molecule has 118 valence electrons. The van der Waals surface area contributed by atoms with Crippen molar-refractivity contribution in [3.05, 3.63) is 46.3 Å². The van der Waals surface area contributed by atoms with Crippen LogP contribution in [0.15, 0.2) is 40.6 Å². The van der Waals surface area contributed by atoms with E-state index in [1.807, 2.05) is 0 Å². The number of sulfonamides is 1. The van der Waals surface area contributed by atoms with E-state index >= 15 is 0 Å². The number of halogens is 1. The van der Waals surface area contributed by atoms with E-state index in [0.717, 1.165) is 11.3 Å². The van der Waals surface area contributed by atoms with Crippen LogP contribution < -0.4 is 15.2 Å². The lowest BCUT2D eigenvalue weighted by Crippen LogP contribution is -2.28. The smallest absolute Gasteiger partial charge is 0.258 e. The molecule has 1 amide bonds. The number of benzene rings is 1. The summed E-state index contributed by atoms with van der Waals surface area (Å²) in [6, 6.07) is 9.83. The van der Waals surface area contributed by atoms with Crippen molar-refractivity contribution < 1.29 is 17.9 Å². The second-order valence-electron chi connectivity index (χ2n) is 4.26. The number of nitrogens with one attached hydrogen (secondary N) is 1. The number of primary sulfonamides is 1. The molecular weight excluding hydrogens is 348 g/mol. The SMILES string of the molecule is NS(=O)(=O)c1ccc(CNC(=O)COc2ccccc2Cl)s1. The van der Waals surface area contributed by atoms with Crippen LogP contribution in [0.2, 0.25) is 5.02 Å². The van der Waals surface area contributed by atoms with Crippen molar-refractivity contribution in [2.45, 2.75) is 10.8 Å². The first kappa shape index (κ1) is 16.8. The molecule has 0 bridgehead atoms. The standard InChI is InChI=1S/C13H13ClN2O4S2/c14-10-3-1-2-4-11(10)20-8-12(17)16-7-9-5-6-13(21-9)22(15,18)19/h1-6H,7-8H2,(H,16,17)(H2,15,18,19). The minimum atomic E-state index is -3.71. The van der Waals surface area contributed by atoms with Crippen LogP contribution in [0.5, 0.6) is 5.75 Å². The van der Waals surface area contributed by atoms with Crippen molar-refractivity contribution in [2.75, 3.05) is 6.61 Å². The highest BCUT2D eigenvalue weighted by molar-refractivity contribution is 7.91. The van der Waals surface area contributed by atoms with E-state index in [2.05, 4.69) is 5.32 Å². The van der Waals surface area contributed by atoms with Gasteiger partial charge in [0, 0.05) is 4.88 Å². The molecule has 0 spiro atoms. The topological polar surface area (TPSA) is 98.5 Å². The van der Waals surface area contributed by atoms with Crippen LogP contribution in [-0.2, 0) is 21.4 Å². The van der Waals surface area contributed by atoms with Gasteiger partial charge in [-0.15, -0.1) is 11.3 Å². The van der Waals surface area contributed by atoms with Gasteiger partial charge in [-0.2, -0.15) is 0 Å². The molecule has 0 saturated carbocycles. The second-order valence-corrected chi connectivity index (χ2v) is 7.63. The van der Waals surface area contributed by atoms with Crippen LogP contribution in [0.3, 0.4) is 0 Å². The number of amides is 1. The zero-order valence-electron chi connectivity index (χ0n) is 11.3. The van der Waals surface area contributed by atoms with E-state index in [0.29, 0.717) is 15.6 Å². The third kappa shape index (κ3) is 4.70. The molecule has 2 rings (SSSR count). The van der Waals surface area contributed by atoms with Crippen molar-refractivity contribution >= 4 is 38.9 Å². The van der Waals surface area contributed by atoms with Gasteiger partial charge in [0.15, 0.2) is 6.61 Å². The summed E-state index contributed by atoms with van der Waals surface area (Å²) in [4.78, 5) is 12.4. The molecule has 0 radical (unpaired) electrons. The van der Waals surface area contributed by atoms with Crippen LogP contribution in [0.4, 0.5) is 0 Å². The van der Waals surface area contributed by atoms with Crippen molar-refractivity contribution in [1.82, 2.24) is 5.32 Å². The fourth-order valence-electron chi connectivity index (χ4n) is 1.55. The monoisotopic (exact) mass is 360 g/mol. The Kier molecular flexibility index (Phi) is 5.41. The first-order chi connectivity index (χ1) is 10.4. The van der Waals surface area contributed by atoms with E-state index in [9.17, 15) is 13.2 Å². The minimum Gasteiger partial charge on any atom is -0.482 e. The molecule has 2 aromatic rings. The molecule has 6 nitrogen and oxygen atoms in total. The summed E-state index contributed by atoms with van der Waals surface area (Å²) in [6.07, 6.45) is 0. The number of thiophene rings is 1. The lowest BCUT2D eigenvalue weighted by Gasteiger charge is -2.07. The van der Waals surface area contributed by atoms with Crippen molar-refractivity contribution in [3.8, 4) is 5.75 Å². The third-order valence-electron chi connectivity index (χ3n) is 2.57. The fourth-order valence-corrected chi connectivity index (χ4v) is 3.46. The maximum atomic E-state index is 11.7. The Hall–Kier alpha value is -1.61. The van der Waals surface area contributed by atoms with E-state index in [4.69, 9.17) is 21.5 Å². The molecule has 1 aromatic heterocycles. The Morgan fingerprint density at radius 3 is 2.64 bits per heavy atom. The van der Waals surface area contributed by atoms with Crippen LogP contribution >= 0.6 is 22.9 Å². The number of carbonyl (C=O) groups is 1. The van der Waals surface area contributed by atoms with E-state index in [1.165, 1.54) is 6.07 Å². The number of ether oxygens (including phenoxy) is 1. The molecule has 0 unspecified atom stereocenters. The summed E-state index contributed by atoms with van der Waals surface area (Å²) in [7, 11) is -3.71.